The molecular formula is C14H19F2NO3. The highest BCUT2D eigenvalue weighted by atomic mass is 19.1. The van der Waals surface area contributed by atoms with E-state index >= 15 is 0 Å². The second-order valence-corrected chi connectivity index (χ2v) is 5.20. The maximum Gasteiger partial charge on any atom is 0.306 e. The van der Waals surface area contributed by atoms with Gasteiger partial charge in [0.2, 0.25) is 0 Å². The maximum absolute atomic E-state index is 13.1. The molecular weight excluding hydrogens is 268 g/mol. The average molecular weight is 287 g/mol. The van der Waals surface area contributed by atoms with Gasteiger partial charge in [0, 0.05) is 11.8 Å². The largest absolute Gasteiger partial charge is 0.481 e. The summed E-state index contributed by atoms with van der Waals surface area (Å²) in [5.41, 5.74) is 0.178. The highest BCUT2D eigenvalue weighted by molar-refractivity contribution is 5.67. The Hall–Kier alpha value is -1.69. The molecule has 6 heteroatoms. The van der Waals surface area contributed by atoms with E-state index in [0.717, 1.165) is 18.2 Å². The summed E-state index contributed by atoms with van der Waals surface area (Å²) in [6.07, 6.45) is -1.09. The topological polar surface area (TPSA) is 69.6 Å². The normalized spacial score (nSPS) is 14.1. The molecule has 0 spiro atoms. The molecule has 0 amide bonds. The van der Waals surface area contributed by atoms with Gasteiger partial charge in [0.1, 0.15) is 11.6 Å². The number of anilines is 1. The number of aliphatic hydroxyl groups is 1. The standard InChI is InChI=1S/C14H19F2NO3/c1-8(2)3-12(13(18)7-14(19)20)17-11-5-9(15)4-10(16)6-11/h4-6,8,12-13,17-18H,3,7H2,1-2H3,(H,19,20)/t12-,13-/m0/s1. The van der Waals surface area contributed by atoms with Crippen molar-refractivity contribution in [3.05, 3.63) is 29.8 Å². The van der Waals surface area contributed by atoms with Crippen LogP contribution in [0, 0.1) is 17.6 Å². The molecule has 1 aromatic rings. The smallest absolute Gasteiger partial charge is 0.306 e. The number of rotatable bonds is 7. The molecule has 0 aliphatic heterocycles. The van der Waals surface area contributed by atoms with E-state index in [4.69, 9.17) is 5.11 Å². The minimum Gasteiger partial charge on any atom is -0.481 e. The summed E-state index contributed by atoms with van der Waals surface area (Å²) >= 11 is 0. The van der Waals surface area contributed by atoms with Gasteiger partial charge in [-0.05, 0) is 24.5 Å². The van der Waals surface area contributed by atoms with Crippen LogP contribution in [0.25, 0.3) is 0 Å². The van der Waals surface area contributed by atoms with Gasteiger partial charge in [0.25, 0.3) is 0 Å². The van der Waals surface area contributed by atoms with Crippen molar-refractivity contribution in [3.63, 3.8) is 0 Å². The molecule has 0 heterocycles. The Morgan fingerprint density at radius 1 is 1.25 bits per heavy atom. The zero-order valence-corrected chi connectivity index (χ0v) is 11.4. The van der Waals surface area contributed by atoms with Crippen LogP contribution in [0.3, 0.4) is 0 Å². The molecule has 3 N–H and O–H groups in total. The first-order valence-corrected chi connectivity index (χ1v) is 6.40. The molecule has 2 atom stereocenters. The van der Waals surface area contributed by atoms with Gasteiger partial charge in [-0.3, -0.25) is 4.79 Å². The first kappa shape index (κ1) is 16.4. The number of hydrogen-bond acceptors (Lipinski definition) is 3. The average Bonchev–Trinajstić information content (AvgIpc) is 2.24. The Kier molecular flexibility index (Phi) is 5.88. The molecule has 0 aromatic heterocycles. The van der Waals surface area contributed by atoms with Crippen molar-refractivity contribution in [1.29, 1.82) is 0 Å². The van der Waals surface area contributed by atoms with Crippen LogP contribution in [0.4, 0.5) is 14.5 Å². The van der Waals surface area contributed by atoms with E-state index in [-0.39, 0.29) is 11.6 Å². The number of halogens is 2. The first-order valence-electron chi connectivity index (χ1n) is 6.40. The van der Waals surface area contributed by atoms with Crippen LogP contribution < -0.4 is 5.32 Å². The van der Waals surface area contributed by atoms with Crippen molar-refractivity contribution in [2.24, 2.45) is 5.92 Å². The molecule has 4 nitrogen and oxygen atoms in total. The minimum atomic E-state index is -1.14. The van der Waals surface area contributed by atoms with Gasteiger partial charge in [-0.2, -0.15) is 0 Å². The van der Waals surface area contributed by atoms with Crippen LogP contribution in [-0.4, -0.2) is 28.3 Å². The van der Waals surface area contributed by atoms with Crippen molar-refractivity contribution in [3.8, 4) is 0 Å². The van der Waals surface area contributed by atoms with Gasteiger partial charge in [-0.15, -0.1) is 0 Å². The number of hydrogen-bond donors (Lipinski definition) is 3. The number of aliphatic hydroxyl groups excluding tert-OH is 1. The summed E-state index contributed by atoms with van der Waals surface area (Å²) < 4.78 is 26.2. The second-order valence-electron chi connectivity index (χ2n) is 5.20. The van der Waals surface area contributed by atoms with Crippen molar-refractivity contribution in [2.45, 2.75) is 38.8 Å². The number of carbonyl (C=O) groups is 1. The number of carboxylic acid groups (broad SMARTS) is 1. The number of benzene rings is 1. The van der Waals surface area contributed by atoms with Gasteiger partial charge in [0.15, 0.2) is 0 Å². The lowest BCUT2D eigenvalue weighted by atomic mass is 9.97. The fourth-order valence-corrected chi connectivity index (χ4v) is 1.99. The summed E-state index contributed by atoms with van der Waals surface area (Å²) in [7, 11) is 0. The molecule has 0 fully saturated rings. The number of carboxylic acids is 1. The van der Waals surface area contributed by atoms with E-state index in [2.05, 4.69) is 5.32 Å². The summed E-state index contributed by atoms with van der Waals surface area (Å²) in [6, 6.07) is 2.36. The highest BCUT2D eigenvalue weighted by Crippen LogP contribution is 2.19. The molecule has 1 rings (SSSR count). The quantitative estimate of drug-likeness (QED) is 0.721. The van der Waals surface area contributed by atoms with Crippen LogP contribution in [-0.2, 0) is 4.79 Å². The Balaban J connectivity index is 2.85. The SMILES string of the molecule is CC(C)C[C@H](Nc1cc(F)cc(F)c1)[C@@H](O)CC(=O)O. The predicted octanol–water partition coefficient (Wildman–Crippen LogP) is 2.63. The third-order valence-electron chi connectivity index (χ3n) is 2.79. The molecule has 0 aliphatic rings. The summed E-state index contributed by atoms with van der Waals surface area (Å²) in [5, 5.41) is 21.4. The highest BCUT2D eigenvalue weighted by Gasteiger charge is 2.23. The van der Waals surface area contributed by atoms with Crippen molar-refractivity contribution in [2.75, 3.05) is 5.32 Å². The number of nitrogens with one attached hydrogen (secondary N) is 1. The van der Waals surface area contributed by atoms with Crippen LogP contribution in [0.1, 0.15) is 26.7 Å². The third-order valence-corrected chi connectivity index (χ3v) is 2.79. The van der Waals surface area contributed by atoms with Gasteiger partial charge >= 0.3 is 5.97 Å². The molecule has 0 saturated heterocycles. The lowest BCUT2D eigenvalue weighted by molar-refractivity contribution is -0.139. The summed E-state index contributed by atoms with van der Waals surface area (Å²) in [4.78, 5) is 10.7. The minimum absolute atomic E-state index is 0.178. The van der Waals surface area contributed by atoms with E-state index in [1.807, 2.05) is 13.8 Å². The predicted molar refractivity (Wildman–Crippen MR) is 71.5 cm³/mol. The molecule has 0 saturated carbocycles. The van der Waals surface area contributed by atoms with Crippen molar-refractivity contribution < 1.29 is 23.8 Å². The molecule has 0 radical (unpaired) electrons. The van der Waals surface area contributed by atoms with Gasteiger partial charge in [-0.25, -0.2) is 8.78 Å². The molecule has 20 heavy (non-hydrogen) atoms. The summed E-state index contributed by atoms with van der Waals surface area (Å²) in [5.74, 6) is -2.40. The summed E-state index contributed by atoms with van der Waals surface area (Å²) in [6.45, 7) is 3.82. The van der Waals surface area contributed by atoms with Gasteiger partial charge in [0.05, 0.1) is 18.6 Å². The zero-order chi connectivity index (χ0) is 15.3. The van der Waals surface area contributed by atoms with E-state index < -0.39 is 36.2 Å². The molecule has 112 valence electrons. The van der Waals surface area contributed by atoms with E-state index in [1.165, 1.54) is 0 Å². The second kappa shape index (κ2) is 7.19. The third kappa shape index (κ3) is 5.52. The Morgan fingerprint density at radius 2 is 1.80 bits per heavy atom. The lowest BCUT2D eigenvalue weighted by Gasteiger charge is -2.26. The zero-order valence-electron chi connectivity index (χ0n) is 11.4. The van der Waals surface area contributed by atoms with Gasteiger partial charge < -0.3 is 15.5 Å². The Labute approximate surface area is 116 Å². The Bertz CT molecular complexity index is 445. The Morgan fingerprint density at radius 3 is 2.25 bits per heavy atom. The van der Waals surface area contributed by atoms with Crippen LogP contribution >= 0.6 is 0 Å². The van der Waals surface area contributed by atoms with Crippen molar-refractivity contribution >= 4 is 11.7 Å². The van der Waals surface area contributed by atoms with E-state index in [0.29, 0.717) is 6.42 Å². The molecule has 1 aromatic carbocycles. The first-order chi connectivity index (χ1) is 9.27. The molecule has 0 bridgehead atoms. The monoisotopic (exact) mass is 287 g/mol. The van der Waals surface area contributed by atoms with Crippen LogP contribution in [0.5, 0.6) is 0 Å². The lowest BCUT2D eigenvalue weighted by Crippen LogP contribution is -2.36. The molecule has 0 unspecified atom stereocenters. The fourth-order valence-electron chi connectivity index (χ4n) is 1.99. The van der Waals surface area contributed by atoms with Crippen LogP contribution in [0.2, 0.25) is 0 Å². The van der Waals surface area contributed by atoms with Crippen LogP contribution in [0.15, 0.2) is 18.2 Å². The fraction of sp³-hybridized carbons (Fsp3) is 0.500. The van der Waals surface area contributed by atoms with E-state index in [9.17, 15) is 18.7 Å². The number of aliphatic carboxylic acids is 1. The maximum atomic E-state index is 13.1. The molecule has 0 aliphatic carbocycles. The van der Waals surface area contributed by atoms with Gasteiger partial charge in [-0.1, -0.05) is 13.8 Å². The van der Waals surface area contributed by atoms with E-state index in [1.54, 1.807) is 0 Å². The van der Waals surface area contributed by atoms with Crippen molar-refractivity contribution in [1.82, 2.24) is 0 Å².